The molecule has 0 saturated carbocycles. The third kappa shape index (κ3) is 1.98. The molecule has 0 aliphatic rings. The smallest absolute Gasteiger partial charge is 0.134 e. The molecule has 3 N–H and O–H groups in total. The highest BCUT2D eigenvalue weighted by Gasteiger charge is 2.12. The fourth-order valence-corrected chi connectivity index (χ4v) is 2.46. The summed E-state index contributed by atoms with van der Waals surface area (Å²) in [5.41, 5.74) is 10.4. The van der Waals surface area contributed by atoms with Gasteiger partial charge in [-0.05, 0) is 29.8 Å². The number of rotatable bonds is 2. The Morgan fingerprint density at radius 1 is 1.00 bits per heavy atom. The van der Waals surface area contributed by atoms with Crippen LogP contribution in [0, 0.1) is 0 Å². The van der Waals surface area contributed by atoms with Crippen LogP contribution in [0.5, 0.6) is 0 Å². The molecule has 0 atom stereocenters. The Kier molecular flexibility index (Phi) is 2.79. The van der Waals surface area contributed by atoms with Crippen molar-refractivity contribution in [3.8, 4) is 22.5 Å². The van der Waals surface area contributed by atoms with Crippen molar-refractivity contribution in [2.45, 2.75) is 0 Å². The van der Waals surface area contributed by atoms with E-state index in [1.807, 2.05) is 36.4 Å². The molecule has 0 amide bonds. The van der Waals surface area contributed by atoms with E-state index in [-0.39, 0.29) is 0 Å². The Balaban J connectivity index is 1.90. The van der Waals surface area contributed by atoms with E-state index in [1.165, 1.54) is 6.33 Å². The molecule has 3 aromatic heterocycles. The van der Waals surface area contributed by atoms with Crippen molar-refractivity contribution in [3.63, 3.8) is 0 Å². The molecule has 6 heteroatoms. The molecular formula is C16H12N6. The largest absolute Gasteiger partial charge is 0.383 e. The van der Waals surface area contributed by atoms with Crippen LogP contribution in [0.15, 0.2) is 55.1 Å². The van der Waals surface area contributed by atoms with Gasteiger partial charge in [-0.3, -0.25) is 10.1 Å². The van der Waals surface area contributed by atoms with Gasteiger partial charge in [0.05, 0.1) is 23.1 Å². The van der Waals surface area contributed by atoms with Crippen LogP contribution in [0.3, 0.4) is 0 Å². The van der Waals surface area contributed by atoms with E-state index in [0.717, 1.165) is 33.4 Å². The van der Waals surface area contributed by atoms with E-state index in [1.54, 1.807) is 12.4 Å². The Hall–Kier alpha value is -3.28. The summed E-state index contributed by atoms with van der Waals surface area (Å²) in [7, 11) is 0. The van der Waals surface area contributed by atoms with E-state index >= 15 is 0 Å². The lowest BCUT2D eigenvalue weighted by Gasteiger charge is -2.05. The zero-order chi connectivity index (χ0) is 14.9. The van der Waals surface area contributed by atoms with E-state index < -0.39 is 0 Å². The molecule has 106 valence electrons. The first kappa shape index (κ1) is 12.5. The lowest BCUT2D eigenvalue weighted by atomic mass is 10.0. The highest BCUT2D eigenvalue weighted by atomic mass is 15.1. The minimum absolute atomic E-state index is 0.467. The van der Waals surface area contributed by atoms with Crippen molar-refractivity contribution in [2.24, 2.45) is 0 Å². The molecule has 0 radical (unpaired) electrons. The highest BCUT2D eigenvalue weighted by Crippen LogP contribution is 2.31. The SMILES string of the molecule is Nc1ncnc2ccc(-c3cn[nH]c3-c3ccccn3)cc12. The number of hydrogen-bond acceptors (Lipinski definition) is 5. The Bertz CT molecular complexity index is 945. The molecule has 0 saturated heterocycles. The number of pyridine rings is 1. The normalized spacial score (nSPS) is 10.9. The third-order valence-corrected chi connectivity index (χ3v) is 3.54. The summed E-state index contributed by atoms with van der Waals surface area (Å²) >= 11 is 0. The van der Waals surface area contributed by atoms with Gasteiger partial charge >= 0.3 is 0 Å². The molecule has 3 heterocycles. The van der Waals surface area contributed by atoms with Crippen molar-refractivity contribution in [2.75, 3.05) is 5.73 Å². The maximum absolute atomic E-state index is 5.94. The number of hydrogen-bond donors (Lipinski definition) is 2. The number of nitrogen functional groups attached to an aromatic ring is 1. The average molecular weight is 288 g/mol. The minimum atomic E-state index is 0.467. The van der Waals surface area contributed by atoms with Gasteiger partial charge in [-0.2, -0.15) is 5.10 Å². The number of aromatic amines is 1. The molecule has 0 unspecified atom stereocenters. The number of nitrogens with two attached hydrogens (primary N) is 1. The van der Waals surface area contributed by atoms with E-state index in [9.17, 15) is 0 Å². The van der Waals surface area contributed by atoms with Crippen LogP contribution in [0.2, 0.25) is 0 Å². The van der Waals surface area contributed by atoms with Crippen molar-refractivity contribution < 1.29 is 0 Å². The topological polar surface area (TPSA) is 93.4 Å². The van der Waals surface area contributed by atoms with Crippen molar-refractivity contribution in [3.05, 3.63) is 55.1 Å². The Morgan fingerprint density at radius 3 is 2.82 bits per heavy atom. The highest BCUT2D eigenvalue weighted by molar-refractivity contribution is 5.93. The Morgan fingerprint density at radius 2 is 1.95 bits per heavy atom. The predicted octanol–water partition coefficient (Wildman–Crippen LogP) is 2.66. The lowest BCUT2D eigenvalue weighted by molar-refractivity contribution is 1.09. The van der Waals surface area contributed by atoms with Crippen LogP contribution in [0.25, 0.3) is 33.4 Å². The van der Waals surface area contributed by atoms with Crippen LogP contribution >= 0.6 is 0 Å². The van der Waals surface area contributed by atoms with Crippen LogP contribution in [0.4, 0.5) is 5.82 Å². The fraction of sp³-hybridized carbons (Fsp3) is 0. The number of fused-ring (bicyclic) bond motifs is 1. The molecule has 0 fully saturated rings. The van der Waals surface area contributed by atoms with E-state index in [4.69, 9.17) is 5.73 Å². The summed E-state index contributed by atoms with van der Waals surface area (Å²) in [5, 5.41) is 7.99. The quantitative estimate of drug-likeness (QED) is 0.591. The number of H-pyrrole nitrogens is 1. The van der Waals surface area contributed by atoms with Crippen LogP contribution < -0.4 is 5.73 Å². The number of benzene rings is 1. The molecule has 0 aliphatic heterocycles. The summed E-state index contributed by atoms with van der Waals surface area (Å²) in [6.07, 6.45) is 5.01. The summed E-state index contributed by atoms with van der Waals surface area (Å²) in [6, 6.07) is 11.7. The first-order chi connectivity index (χ1) is 10.8. The monoisotopic (exact) mass is 288 g/mol. The van der Waals surface area contributed by atoms with Crippen LogP contribution in [-0.2, 0) is 0 Å². The van der Waals surface area contributed by atoms with Gasteiger partial charge in [0.1, 0.15) is 12.1 Å². The molecule has 1 aromatic carbocycles. The van der Waals surface area contributed by atoms with Crippen molar-refractivity contribution in [1.82, 2.24) is 25.1 Å². The third-order valence-electron chi connectivity index (χ3n) is 3.54. The van der Waals surface area contributed by atoms with Gasteiger partial charge in [-0.25, -0.2) is 9.97 Å². The zero-order valence-corrected chi connectivity index (χ0v) is 11.6. The predicted molar refractivity (Wildman–Crippen MR) is 84.8 cm³/mol. The zero-order valence-electron chi connectivity index (χ0n) is 11.6. The molecule has 4 aromatic rings. The van der Waals surface area contributed by atoms with Gasteiger partial charge in [0.25, 0.3) is 0 Å². The molecular weight excluding hydrogens is 276 g/mol. The molecule has 22 heavy (non-hydrogen) atoms. The van der Waals surface area contributed by atoms with Gasteiger partial charge in [-0.15, -0.1) is 0 Å². The second-order valence-electron chi connectivity index (χ2n) is 4.86. The van der Waals surface area contributed by atoms with Gasteiger partial charge in [0.2, 0.25) is 0 Å². The molecule has 0 aliphatic carbocycles. The van der Waals surface area contributed by atoms with Crippen molar-refractivity contribution >= 4 is 16.7 Å². The molecule has 6 nitrogen and oxygen atoms in total. The molecule has 4 rings (SSSR count). The molecule has 0 bridgehead atoms. The summed E-state index contributed by atoms with van der Waals surface area (Å²) in [6.45, 7) is 0. The average Bonchev–Trinajstić information content (AvgIpc) is 3.05. The van der Waals surface area contributed by atoms with Crippen LogP contribution in [-0.4, -0.2) is 25.1 Å². The lowest BCUT2D eigenvalue weighted by Crippen LogP contribution is -1.93. The van der Waals surface area contributed by atoms with Gasteiger partial charge < -0.3 is 5.73 Å². The minimum Gasteiger partial charge on any atom is -0.383 e. The number of anilines is 1. The first-order valence-corrected chi connectivity index (χ1v) is 6.78. The van der Waals surface area contributed by atoms with E-state index in [0.29, 0.717) is 5.82 Å². The standard InChI is InChI=1S/C16H12N6/c17-16-11-7-10(4-5-13(11)19-9-20-16)12-8-21-22-15(12)14-3-1-2-6-18-14/h1-9H,(H,21,22)(H2,17,19,20). The molecule has 0 spiro atoms. The maximum atomic E-state index is 5.94. The summed E-state index contributed by atoms with van der Waals surface area (Å²) < 4.78 is 0. The maximum Gasteiger partial charge on any atom is 0.134 e. The van der Waals surface area contributed by atoms with Gasteiger partial charge in [0, 0.05) is 17.1 Å². The van der Waals surface area contributed by atoms with E-state index in [2.05, 4.69) is 25.1 Å². The van der Waals surface area contributed by atoms with Crippen molar-refractivity contribution in [1.29, 1.82) is 0 Å². The van der Waals surface area contributed by atoms with Gasteiger partial charge in [-0.1, -0.05) is 12.1 Å². The van der Waals surface area contributed by atoms with Gasteiger partial charge in [0.15, 0.2) is 0 Å². The fourth-order valence-electron chi connectivity index (χ4n) is 2.46. The number of aromatic nitrogens is 5. The first-order valence-electron chi connectivity index (χ1n) is 6.78. The summed E-state index contributed by atoms with van der Waals surface area (Å²) in [4.78, 5) is 12.6. The second-order valence-corrected chi connectivity index (χ2v) is 4.86. The second kappa shape index (κ2) is 4.92. The number of nitrogens with one attached hydrogen (secondary N) is 1. The van der Waals surface area contributed by atoms with Crippen LogP contribution in [0.1, 0.15) is 0 Å². The summed E-state index contributed by atoms with van der Waals surface area (Å²) in [5.74, 6) is 0.467. The number of nitrogens with zero attached hydrogens (tertiary/aromatic N) is 4. The Labute approximate surface area is 126 Å².